The van der Waals surface area contributed by atoms with Crippen LogP contribution in [-0.4, -0.2) is 27.7 Å². The minimum absolute atomic E-state index is 0.109. The van der Waals surface area contributed by atoms with E-state index in [0.29, 0.717) is 23.7 Å². The molecule has 0 saturated carbocycles. The molecule has 7 heteroatoms. The number of hydrogen-bond donors (Lipinski definition) is 2. The molecule has 2 aromatic carbocycles. The fourth-order valence-electron chi connectivity index (χ4n) is 3.38. The number of para-hydroxylation sites is 1. The maximum Gasteiger partial charge on any atom is 0.255 e. The van der Waals surface area contributed by atoms with Gasteiger partial charge in [0.25, 0.3) is 5.91 Å². The molecular formula is C21H20N4O2S. The first-order valence-corrected chi connectivity index (χ1v) is 10.00. The van der Waals surface area contributed by atoms with Crippen molar-refractivity contribution in [2.75, 3.05) is 10.6 Å². The van der Waals surface area contributed by atoms with Crippen molar-refractivity contribution in [2.45, 2.75) is 25.9 Å². The first-order valence-electron chi connectivity index (χ1n) is 9.12. The van der Waals surface area contributed by atoms with Crippen molar-refractivity contribution in [3.8, 4) is 0 Å². The quantitative estimate of drug-likeness (QED) is 0.657. The van der Waals surface area contributed by atoms with Gasteiger partial charge in [-0.3, -0.25) is 9.59 Å². The second-order valence-electron chi connectivity index (χ2n) is 6.55. The lowest BCUT2D eigenvalue weighted by Crippen LogP contribution is -2.43. The van der Waals surface area contributed by atoms with E-state index in [0.717, 1.165) is 16.9 Å². The second kappa shape index (κ2) is 7.82. The van der Waals surface area contributed by atoms with Gasteiger partial charge in [0.15, 0.2) is 5.13 Å². The van der Waals surface area contributed by atoms with Crippen LogP contribution in [0.1, 0.15) is 29.3 Å². The number of hydrogen-bond acceptors (Lipinski definition) is 5. The number of thiazole rings is 1. The van der Waals surface area contributed by atoms with Crippen molar-refractivity contribution < 1.29 is 9.59 Å². The molecule has 0 fully saturated rings. The van der Waals surface area contributed by atoms with Crippen molar-refractivity contribution in [3.63, 3.8) is 0 Å². The van der Waals surface area contributed by atoms with Gasteiger partial charge in [-0.1, -0.05) is 25.1 Å². The van der Waals surface area contributed by atoms with E-state index >= 15 is 0 Å². The van der Waals surface area contributed by atoms with Crippen molar-refractivity contribution in [3.05, 3.63) is 71.2 Å². The molecule has 3 aromatic rings. The first kappa shape index (κ1) is 18.2. The lowest BCUT2D eigenvalue weighted by molar-refractivity contribution is -0.120. The van der Waals surface area contributed by atoms with E-state index < -0.39 is 6.04 Å². The molecule has 2 N–H and O–H groups in total. The Hall–Kier alpha value is -3.19. The number of aromatic nitrogens is 1. The molecule has 0 saturated heterocycles. The third kappa shape index (κ3) is 3.61. The van der Waals surface area contributed by atoms with Gasteiger partial charge in [0.2, 0.25) is 5.91 Å². The Morgan fingerprint density at radius 3 is 2.75 bits per heavy atom. The molecule has 6 nitrogen and oxygen atoms in total. The van der Waals surface area contributed by atoms with Crippen molar-refractivity contribution in [1.29, 1.82) is 0 Å². The van der Waals surface area contributed by atoms with Crippen molar-refractivity contribution in [1.82, 2.24) is 9.88 Å². The van der Waals surface area contributed by atoms with Gasteiger partial charge in [-0.2, -0.15) is 0 Å². The molecule has 1 atom stereocenters. The maximum absolute atomic E-state index is 12.9. The SMILES string of the molecule is CC[C@H](C(=O)Nc1nccs1)N1Cc2cc(Nc3ccccc3)ccc2C1=O. The number of nitrogens with one attached hydrogen (secondary N) is 2. The molecule has 1 aliphatic heterocycles. The summed E-state index contributed by atoms with van der Waals surface area (Å²) < 4.78 is 0. The lowest BCUT2D eigenvalue weighted by Gasteiger charge is -2.25. The van der Waals surface area contributed by atoms with Crippen LogP contribution in [0.3, 0.4) is 0 Å². The Bertz CT molecular complexity index is 989. The zero-order valence-corrected chi connectivity index (χ0v) is 16.2. The molecule has 0 bridgehead atoms. The number of nitrogens with zero attached hydrogens (tertiary/aromatic N) is 2. The molecule has 2 heterocycles. The fourth-order valence-corrected chi connectivity index (χ4v) is 3.91. The monoisotopic (exact) mass is 392 g/mol. The summed E-state index contributed by atoms with van der Waals surface area (Å²) in [5.41, 5.74) is 3.48. The highest BCUT2D eigenvalue weighted by Gasteiger charge is 2.35. The Labute approximate surface area is 167 Å². The van der Waals surface area contributed by atoms with E-state index in [1.165, 1.54) is 11.3 Å². The number of carbonyl (C=O) groups is 2. The van der Waals surface area contributed by atoms with Crippen LogP contribution in [-0.2, 0) is 11.3 Å². The van der Waals surface area contributed by atoms with E-state index in [4.69, 9.17) is 0 Å². The fraction of sp³-hybridized carbons (Fsp3) is 0.190. The average Bonchev–Trinajstić information content (AvgIpc) is 3.32. The second-order valence-corrected chi connectivity index (χ2v) is 7.44. The smallest absolute Gasteiger partial charge is 0.255 e. The molecule has 2 amide bonds. The number of fused-ring (bicyclic) bond motifs is 1. The summed E-state index contributed by atoms with van der Waals surface area (Å²) >= 11 is 1.36. The van der Waals surface area contributed by atoms with Crippen molar-refractivity contribution in [2.24, 2.45) is 0 Å². The number of carbonyl (C=O) groups excluding carboxylic acids is 2. The molecule has 0 unspecified atom stereocenters. The van der Waals surface area contributed by atoms with Crippen LogP contribution in [0.2, 0.25) is 0 Å². The zero-order valence-electron chi connectivity index (χ0n) is 15.4. The highest BCUT2D eigenvalue weighted by atomic mass is 32.1. The molecule has 0 aliphatic carbocycles. The predicted molar refractivity (Wildman–Crippen MR) is 111 cm³/mol. The van der Waals surface area contributed by atoms with Crippen LogP contribution < -0.4 is 10.6 Å². The first-order chi connectivity index (χ1) is 13.7. The maximum atomic E-state index is 12.9. The van der Waals surface area contributed by atoms with E-state index in [2.05, 4.69) is 15.6 Å². The predicted octanol–water partition coefficient (Wildman–Crippen LogP) is 4.26. The van der Waals surface area contributed by atoms with E-state index in [1.807, 2.05) is 55.5 Å². The van der Waals surface area contributed by atoms with Gasteiger partial charge < -0.3 is 15.5 Å². The topological polar surface area (TPSA) is 74.3 Å². The molecule has 0 spiro atoms. The standard InChI is InChI=1S/C21H20N4O2S/c1-2-18(19(26)24-21-22-10-11-28-21)25-13-14-12-16(8-9-17(14)20(25)27)23-15-6-4-3-5-7-15/h3-12,18,23H,2,13H2,1H3,(H,22,24,26)/t18-/m1/s1. The molecule has 28 heavy (non-hydrogen) atoms. The summed E-state index contributed by atoms with van der Waals surface area (Å²) in [7, 11) is 0. The minimum atomic E-state index is -0.533. The Morgan fingerprint density at radius 1 is 1.21 bits per heavy atom. The van der Waals surface area contributed by atoms with Crippen LogP contribution in [0.4, 0.5) is 16.5 Å². The van der Waals surface area contributed by atoms with Gasteiger partial charge in [0, 0.05) is 35.1 Å². The zero-order chi connectivity index (χ0) is 19.5. The molecule has 0 radical (unpaired) electrons. The van der Waals surface area contributed by atoms with Gasteiger partial charge in [-0.25, -0.2) is 4.98 Å². The van der Waals surface area contributed by atoms with Crippen LogP contribution in [0.15, 0.2) is 60.1 Å². The molecule has 4 rings (SSSR count). The molecule has 1 aromatic heterocycles. The van der Waals surface area contributed by atoms with Crippen LogP contribution in [0, 0.1) is 0 Å². The van der Waals surface area contributed by atoms with E-state index in [1.54, 1.807) is 16.5 Å². The third-order valence-electron chi connectivity index (χ3n) is 4.73. The number of anilines is 3. The summed E-state index contributed by atoms with van der Waals surface area (Å²) in [5.74, 6) is -0.316. The normalized spacial score (nSPS) is 13.9. The molecule has 142 valence electrons. The number of amides is 2. The largest absolute Gasteiger partial charge is 0.356 e. The highest BCUT2D eigenvalue weighted by Crippen LogP contribution is 2.29. The minimum Gasteiger partial charge on any atom is -0.356 e. The van der Waals surface area contributed by atoms with Gasteiger partial charge in [0.1, 0.15) is 6.04 Å². The van der Waals surface area contributed by atoms with Crippen LogP contribution in [0.25, 0.3) is 0 Å². The van der Waals surface area contributed by atoms with Gasteiger partial charge in [-0.15, -0.1) is 11.3 Å². The van der Waals surface area contributed by atoms with Gasteiger partial charge in [-0.05, 0) is 42.3 Å². The summed E-state index contributed by atoms with van der Waals surface area (Å²) in [6.07, 6.45) is 2.17. The number of benzene rings is 2. The highest BCUT2D eigenvalue weighted by molar-refractivity contribution is 7.13. The van der Waals surface area contributed by atoms with Crippen LogP contribution >= 0.6 is 11.3 Å². The van der Waals surface area contributed by atoms with E-state index in [9.17, 15) is 9.59 Å². The molecule has 1 aliphatic rings. The Balaban J connectivity index is 1.51. The summed E-state index contributed by atoms with van der Waals surface area (Å²) in [6, 6.07) is 15.0. The number of rotatable bonds is 6. The van der Waals surface area contributed by atoms with Gasteiger partial charge >= 0.3 is 0 Å². The third-order valence-corrected chi connectivity index (χ3v) is 5.42. The van der Waals surface area contributed by atoms with Crippen molar-refractivity contribution >= 4 is 39.7 Å². The summed E-state index contributed by atoms with van der Waals surface area (Å²) in [4.78, 5) is 31.3. The Morgan fingerprint density at radius 2 is 2.04 bits per heavy atom. The van der Waals surface area contributed by atoms with E-state index in [-0.39, 0.29) is 11.8 Å². The lowest BCUT2D eigenvalue weighted by atomic mass is 10.1. The average molecular weight is 392 g/mol. The summed E-state index contributed by atoms with van der Waals surface area (Å²) in [5, 5.41) is 8.49. The van der Waals surface area contributed by atoms with Crippen LogP contribution in [0.5, 0.6) is 0 Å². The van der Waals surface area contributed by atoms with Gasteiger partial charge in [0.05, 0.1) is 0 Å². The Kier molecular flexibility index (Phi) is 5.08. The summed E-state index contributed by atoms with van der Waals surface area (Å²) in [6.45, 7) is 2.33. The molecular weight excluding hydrogens is 372 g/mol.